The van der Waals surface area contributed by atoms with E-state index in [1.54, 1.807) is 0 Å². The molecule has 17 heavy (non-hydrogen) atoms. The van der Waals surface area contributed by atoms with Crippen molar-refractivity contribution in [2.45, 2.75) is 38.3 Å². The average molecular weight is 260 g/mol. The number of carbonyl (C=O) groups is 1. The van der Waals surface area contributed by atoms with E-state index in [2.05, 4.69) is 5.32 Å². The van der Waals surface area contributed by atoms with Gasteiger partial charge in [-0.15, -0.1) is 0 Å². The molecule has 1 atom stereocenters. The number of amides is 1. The van der Waals surface area contributed by atoms with Crippen LogP contribution in [0, 0.1) is 0 Å². The van der Waals surface area contributed by atoms with Gasteiger partial charge in [-0.1, -0.05) is 26.1 Å². The molecule has 6 heteroatoms. The monoisotopic (exact) mass is 260 g/mol. The molecular weight excluding hydrogens is 240 g/mol. The molecule has 1 rings (SSSR count). The summed E-state index contributed by atoms with van der Waals surface area (Å²) >= 11 is 5.04. The minimum absolute atomic E-state index is 0.207. The van der Waals surface area contributed by atoms with E-state index in [1.807, 2.05) is 13.8 Å². The van der Waals surface area contributed by atoms with Crippen LogP contribution in [0.3, 0.4) is 0 Å². The van der Waals surface area contributed by atoms with Crippen molar-refractivity contribution >= 4 is 23.1 Å². The molecule has 1 aliphatic heterocycles. The Morgan fingerprint density at radius 1 is 1.47 bits per heavy atom. The first-order valence-electron chi connectivity index (χ1n) is 5.87. The van der Waals surface area contributed by atoms with Crippen molar-refractivity contribution in [2.24, 2.45) is 5.73 Å². The highest BCUT2D eigenvalue weighted by molar-refractivity contribution is 7.80. The summed E-state index contributed by atoms with van der Waals surface area (Å²) < 4.78 is 10.5. The fraction of sp³-hybridized carbons (Fsp3) is 0.818. The van der Waals surface area contributed by atoms with Gasteiger partial charge >= 0.3 is 0 Å². The van der Waals surface area contributed by atoms with Crippen LogP contribution in [-0.2, 0) is 14.3 Å². The van der Waals surface area contributed by atoms with Crippen molar-refractivity contribution in [1.82, 2.24) is 5.32 Å². The Hall–Kier alpha value is -0.720. The first kappa shape index (κ1) is 14.3. The number of nitrogens with two attached hydrogens (primary N) is 1. The maximum atomic E-state index is 12.0. The van der Waals surface area contributed by atoms with Gasteiger partial charge < -0.3 is 20.5 Å². The van der Waals surface area contributed by atoms with E-state index in [0.29, 0.717) is 31.0 Å². The highest BCUT2D eigenvalue weighted by Crippen LogP contribution is 2.16. The van der Waals surface area contributed by atoms with Gasteiger partial charge in [-0.25, -0.2) is 0 Å². The summed E-state index contributed by atoms with van der Waals surface area (Å²) in [6, 6.07) is 0. The maximum Gasteiger partial charge on any atom is 0.252 e. The number of nitrogens with one attached hydrogen (secondary N) is 1. The highest BCUT2D eigenvalue weighted by Gasteiger charge is 2.34. The maximum absolute atomic E-state index is 12.0. The van der Waals surface area contributed by atoms with Crippen molar-refractivity contribution in [3.63, 3.8) is 0 Å². The van der Waals surface area contributed by atoms with Gasteiger partial charge in [0.1, 0.15) is 0 Å². The standard InChI is InChI=1S/C11H20N2O3S/c1-3-11(4-2,10(12)17)13-9(14)8-7-15-5-6-16-8/h8H,3-7H2,1-2H3,(H2,12,17)(H,13,14). The zero-order valence-corrected chi connectivity index (χ0v) is 11.1. The van der Waals surface area contributed by atoms with Crippen molar-refractivity contribution in [2.75, 3.05) is 19.8 Å². The van der Waals surface area contributed by atoms with Crippen LogP contribution in [0.2, 0.25) is 0 Å². The molecule has 0 bridgehead atoms. The van der Waals surface area contributed by atoms with Crippen LogP contribution in [0.1, 0.15) is 26.7 Å². The summed E-state index contributed by atoms with van der Waals surface area (Å²) in [6.45, 7) is 5.15. The van der Waals surface area contributed by atoms with Crippen molar-refractivity contribution in [3.05, 3.63) is 0 Å². The Morgan fingerprint density at radius 3 is 2.53 bits per heavy atom. The smallest absolute Gasteiger partial charge is 0.252 e. The van der Waals surface area contributed by atoms with Gasteiger partial charge in [-0.3, -0.25) is 4.79 Å². The lowest BCUT2D eigenvalue weighted by Crippen LogP contribution is -2.59. The van der Waals surface area contributed by atoms with E-state index in [9.17, 15) is 4.79 Å². The van der Waals surface area contributed by atoms with E-state index in [1.165, 1.54) is 0 Å². The van der Waals surface area contributed by atoms with Crippen LogP contribution in [0.5, 0.6) is 0 Å². The number of hydrogen-bond acceptors (Lipinski definition) is 4. The Morgan fingerprint density at radius 2 is 2.12 bits per heavy atom. The summed E-state index contributed by atoms with van der Waals surface area (Å²) in [4.78, 5) is 12.3. The van der Waals surface area contributed by atoms with E-state index in [-0.39, 0.29) is 12.5 Å². The van der Waals surface area contributed by atoms with Crippen LogP contribution in [0.4, 0.5) is 0 Å². The van der Waals surface area contributed by atoms with Crippen LogP contribution in [0.25, 0.3) is 0 Å². The van der Waals surface area contributed by atoms with Crippen LogP contribution >= 0.6 is 12.2 Å². The molecule has 1 fully saturated rings. The van der Waals surface area contributed by atoms with Gasteiger partial charge in [0, 0.05) is 0 Å². The molecule has 0 aromatic heterocycles. The minimum atomic E-state index is -0.618. The first-order valence-corrected chi connectivity index (χ1v) is 6.28. The lowest BCUT2D eigenvalue weighted by Gasteiger charge is -2.34. The first-order chi connectivity index (χ1) is 8.05. The van der Waals surface area contributed by atoms with Gasteiger partial charge in [0.15, 0.2) is 6.10 Å². The van der Waals surface area contributed by atoms with Crippen LogP contribution in [-0.4, -0.2) is 42.4 Å². The van der Waals surface area contributed by atoms with Crippen molar-refractivity contribution < 1.29 is 14.3 Å². The zero-order chi connectivity index (χ0) is 12.9. The van der Waals surface area contributed by atoms with Crippen molar-refractivity contribution in [3.8, 4) is 0 Å². The predicted molar refractivity (Wildman–Crippen MR) is 68.8 cm³/mol. The van der Waals surface area contributed by atoms with E-state index < -0.39 is 11.6 Å². The highest BCUT2D eigenvalue weighted by atomic mass is 32.1. The summed E-state index contributed by atoms with van der Waals surface area (Å²) in [6.07, 6.45) is 0.770. The van der Waals surface area contributed by atoms with Gasteiger partial charge in [0.05, 0.1) is 30.3 Å². The predicted octanol–water partition coefficient (Wildman–Crippen LogP) is 0.363. The molecule has 0 spiro atoms. The Labute approximate surface area is 107 Å². The summed E-state index contributed by atoms with van der Waals surface area (Å²) in [5.74, 6) is -0.207. The summed E-state index contributed by atoms with van der Waals surface area (Å²) in [7, 11) is 0. The van der Waals surface area contributed by atoms with E-state index in [0.717, 1.165) is 0 Å². The molecule has 1 saturated heterocycles. The molecule has 0 radical (unpaired) electrons. The molecule has 1 amide bonds. The summed E-state index contributed by atoms with van der Waals surface area (Å²) in [5.41, 5.74) is 5.10. The summed E-state index contributed by atoms with van der Waals surface area (Å²) in [5, 5.41) is 2.89. The molecule has 1 unspecified atom stereocenters. The average Bonchev–Trinajstić information content (AvgIpc) is 2.36. The Bertz CT molecular complexity index is 286. The van der Waals surface area contributed by atoms with Crippen LogP contribution in [0.15, 0.2) is 0 Å². The molecular formula is C11H20N2O3S. The topological polar surface area (TPSA) is 73.6 Å². The molecule has 0 aromatic rings. The lowest BCUT2D eigenvalue weighted by atomic mass is 9.92. The molecule has 1 heterocycles. The van der Waals surface area contributed by atoms with Gasteiger partial charge in [0.2, 0.25) is 0 Å². The number of ether oxygens (including phenoxy) is 2. The van der Waals surface area contributed by atoms with Crippen LogP contribution < -0.4 is 11.1 Å². The van der Waals surface area contributed by atoms with E-state index in [4.69, 9.17) is 27.4 Å². The lowest BCUT2D eigenvalue weighted by molar-refractivity contribution is -0.148. The molecule has 3 N–H and O–H groups in total. The largest absolute Gasteiger partial charge is 0.391 e. The fourth-order valence-corrected chi connectivity index (χ4v) is 2.13. The Kier molecular flexibility index (Phi) is 5.30. The quantitative estimate of drug-likeness (QED) is 0.698. The molecule has 0 aliphatic carbocycles. The third kappa shape index (κ3) is 3.37. The third-order valence-corrected chi connectivity index (χ3v) is 3.54. The number of carbonyl (C=O) groups excluding carboxylic acids is 1. The molecule has 0 saturated carbocycles. The Balaban J connectivity index is 2.66. The number of rotatable bonds is 5. The second-order valence-electron chi connectivity index (χ2n) is 4.08. The van der Waals surface area contributed by atoms with Crippen molar-refractivity contribution in [1.29, 1.82) is 0 Å². The second kappa shape index (κ2) is 6.28. The third-order valence-electron chi connectivity index (χ3n) is 3.15. The molecule has 5 nitrogen and oxygen atoms in total. The minimum Gasteiger partial charge on any atom is -0.391 e. The van der Waals surface area contributed by atoms with E-state index >= 15 is 0 Å². The molecule has 0 aromatic carbocycles. The van der Waals surface area contributed by atoms with Gasteiger partial charge in [-0.2, -0.15) is 0 Å². The molecule has 1 aliphatic rings. The second-order valence-corrected chi connectivity index (χ2v) is 4.52. The van der Waals surface area contributed by atoms with Gasteiger partial charge in [-0.05, 0) is 12.8 Å². The number of thiocarbonyl (C=S) groups is 1. The normalized spacial score (nSPS) is 20.9. The SMILES string of the molecule is CCC(CC)(NC(=O)C1COCCO1)C(N)=S. The molecule has 98 valence electrons. The zero-order valence-electron chi connectivity index (χ0n) is 10.3. The van der Waals surface area contributed by atoms with Gasteiger partial charge in [0.25, 0.3) is 5.91 Å². The number of hydrogen-bond donors (Lipinski definition) is 2. The fourth-order valence-electron chi connectivity index (χ4n) is 1.79.